The second kappa shape index (κ2) is 2.55. The van der Waals surface area contributed by atoms with Gasteiger partial charge in [-0.1, -0.05) is 24.3 Å². The molecule has 0 radical (unpaired) electrons. The van der Waals surface area contributed by atoms with E-state index in [1.54, 1.807) is 0 Å². The fourth-order valence-electron chi connectivity index (χ4n) is 3.21. The molecule has 0 amide bonds. The van der Waals surface area contributed by atoms with Crippen LogP contribution < -0.4 is 0 Å². The Balaban J connectivity index is 2.03. The minimum atomic E-state index is -0.165. The maximum Gasteiger partial charge on any atom is 0.0959 e. The number of benzene rings is 1. The van der Waals surface area contributed by atoms with Crippen LogP contribution in [0.15, 0.2) is 36.8 Å². The molecule has 16 heavy (non-hydrogen) atoms. The van der Waals surface area contributed by atoms with Gasteiger partial charge in [0, 0.05) is 18.4 Å². The minimum absolute atomic E-state index is 0.0121. The van der Waals surface area contributed by atoms with Crippen LogP contribution in [-0.2, 0) is 5.54 Å². The summed E-state index contributed by atoms with van der Waals surface area (Å²) in [7, 11) is 0. The summed E-state index contributed by atoms with van der Waals surface area (Å²) < 4.78 is 2.23. The molecule has 0 saturated heterocycles. The molecule has 3 nitrogen and oxygen atoms in total. The van der Waals surface area contributed by atoms with E-state index >= 15 is 0 Å². The van der Waals surface area contributed by atoms with Crippen molar-refractivity contribution in [2.24, 2.45) is 0 Å². The predicted octanol–water partition coefficient (Wildman–Crippen LogP) is 1.76. The van der Waals surface area contributed by atoms with Crippen molar-refractivity contribution in [2.75, 3.05) is 0 Å². The van der Waals surface area contributed by atoms with Crippen LogP contribution in [0.25, 0.3) is 11.3 Å². The fourth-order valence-corrected chi connectivity index (χ4v) is 3.21. The molecule has 1 N–H and O–H groups in total. The zero-order chi connectivity index (χ0) is 10.8. The van der Waals surface area contributed by atoms with Crippen LogP contribution in [0.4, 0.5) is 0 Å². The van der Waals surface area contributed by atoms with E-state index in [1.165, 1.54) is 16.8 Å². The molecule has 1 aromatic carbocycles. The van der Waals surface area contributed by atoms with Crippen LogP contribution in [-0.4, -0.2) is 20.8 Å². The molecule has 3 heteroatoms. The monoisotopic (exact) mass is 212 g/mol. The molecule has 1 aromatic heterocycles. The van der Waals surface area contributed by atoms with E-state index in [0.717, 1.165) is 12.8 Å². The molecule has 0 unspecified atom stereocenters. The van der Waals surface area contributed by atoms with Gasteiger partial charge in [0.2, 0.25) is 0 Å². The Kier molecular flexibility index (Phi) is 1.36. The second-order valence-corrected chi connectivity index (χ2v) is 4.79. The lowest BCUT2D eigenvalue weighted by Gasteiger charge is -2.44. The molecule has 1 spiro atoms. The van der Waals surface area contributed by atoms with E-state index in [2.05, 4.69) is 33.8 Å². The first-order chi connectivity index (χ1) is 7.81. The maximum absolute atomic E-state index is 9.63. The lowest BCUT2D eigenvalue weighted by atomic mass is 9.70. The number of rotatable bonds is 0. The summed E-state index contributed by atoms with van der Waals surface area (Å²) in [5.41, 5.74) is 3.79. The first-order valence-corrected chi connectivity index (χ1v) is 5.62. The number of hydrogen-bond donors (Lipinski definition) is 1. The molecule has 1 fully saturated rings. The summed E-state index contributed by atoms with van der Waals surface area (Å²) in [5, 5.41) is 9.63. The van der Waals surface area contributed by atoms with E-state index in [0.29, 0.717) is 0 Å². The summed E-state index contributed by atoms with van der Waals surface area (Å²) in [6, 6.07) is 8.45. The zero-order valence-corrected chi connectivity index (χ0v) is 8.80. The van der Waals surface area contributed by atoms with Crippen molar-refractivity contribution in [1.82, 2.24) is 9.55 Å². The Bertz CT molecular complexity index is 567. The van der Waals surface area contributed by atoms with Crippen LogP contribution in [0.2, 0.25) is 0 Å². The summed E-state index contributed by atoms with van der Waals surface area (Å²) in [6.07, 6.45) is 5.27. The van der Waals surface area contributed by atoms with E-state index in [4.69, 9.17) is 0 Å². The van der Waals surface area contributed by atoms with Gasteiger partial charge in [0.25, 0.3) is 0 Å². The highest BCUT2D eigenvalue weighted by Gasteiger charge is 2.51. The first kappa shape index (κ1) is 8.53. The van der Waals surface area contributed by atoms with Crippen LogP contribution in [0.5, 0.6) is 0 Å². The third-order valence-corrected chi connectivity index (χ3v) is 3.95. The van der Waals surface area contributed by atoms with Crippen LogP contribution in [0.1, 0.15) is 18.4 Å². The Morgan fingerprint density at radius 1 is 1.31 bits per heavy atom. The molecule has 0 bridgehead atoms. The minimum Gasteiger partial charge on any atom is -0.393 e. The number of nitrogens with zero attached hydrogens (tertiary/aromatic N) is 2. The highest BCUT2D eigenvalue weighted by Crippen LogP contribution is 2.53. The number of aliphatic hydroxyl groups excluding tert-OH is 1. The van der Waals surface area contributed by atoms with Crippen molar-refractivity contribution in [1.29, 1.82) is 0 Å². The zero-order valence-electron chi connectivity index (χ0n) is 8.80. The molecule has 1 aliphatic carbocycles. The predicted molar refractivity (Wildman–Crippen MR) is 60.0 cm³/mol. The number of imidazole rings is 1. The summed E-state index contributed by atoms with van der Waals surface area (Å²) in [6.45, 7) is 0. The lowest BCUT2D eigenvalue weighted by Crippen LogP contribution is -2.48. The van der Waals surface area contributed by atoms with E-state index in [9.17, 15) is 5.11 Å². The molecule has 1 aliphatic heterocycles. The molecule has 4 rings (SSSR count). The van der Waals surface area contributed by atoms with Gasteiger partial charge in [0.1, 0.15) is 0 Å². The van der Waals surface area contributed by atoms with Gasteiger partial charge in [0.05, 0.1) is 29.9 Å². The van der Waals surface area contributed by atoms with Crippen molar-refractivity contribution < 1.29 is 5.11 Å². The van der Waals surface area contributed by atoms with Gasteiger partial charge in [-0.15, -0.1) is 0 Å². The largest absolute Gasteiger partial charge is 0.393 e. The van der Waals surface area contributed by atoms with Crippen molar-refractivity contribution in [3.63, 3.8) is 0 Å². The van der Waals surface area contributed by atoms with E-state index in [-0.39, 0.29) is 11.6 Å². The van der Waals surface area contributed by atoms with Crippen molar-refractivity contribution in [3.8, 4) is 11.3 Å². The number of fused-ring (bicyclic) bond motifs is 5. The molecule has 2 heterocycles. The number of hydrogen-bond acceptors (Lipinski definition) is 2. The molecule has 2 aromatic rings. The normalized spacial score (nSPS) is 29.9. The number of aromatic nitrogens is 2. The molecule has 80 valence electrons. The lowest BCUT2D eigenvalue weighted by molar-refractivity contribution is 0.00586. The Hall–Kier alpha value is -1.61. The first-order valence-electron chi connectivity index (χ1n) is 5.62. The van der Waals surface area contributed by atoms with Gasteiger partial charge in [-0.05, 0) is 5.56 Å². The second-order valence-electron chi connectivity index (χ2n) is 4.79. The van der Waals surface area contributed by atoms with Crippen molar-refractivity contribution in [2.45, 2.75) is 24.5 Å². The van der Waals surface area contributed by atoms with Gasteiger partial charge >= 0.3 is 0 Å². The van der Waals surface area contributed by atoms with Gasteiger partial charge in [-0.3, -0.25) is 0 Å². The van der Waals surface area contributed by atoms with Crippen LogP contribution >= 0.6 is 0 Å². The molecular formula is C13H12N2O. The van der Waals surface area contributed by atoms with Crippen LogP contribution in [0, 0.1) is 0 Å². The standard InChI is InChI=1S/C13H12N2O/c16-9-5-13(6-9)11-4-2-1-3-10(11)12-7-14-8-15(12)13/h1-4,7-9,16H,5-6H2. The van der Waals surface area contributed by atoms with Gasteiger partial charge in [-0.2, -0.15) is 0 Å². The number of aliphatic hydroxyl groups is 1. The quantitative estimate of drug-likeness (QED) is 0.722. The Labute approximate surface area is 93.4 Å². The van der Waals surface area contributed by atoms with E-state index < -0.39 is 0 Å². The molecule has 1 saturated carbocycles. The fraction of sp³-hybridized carbons (Fsp3) is 0.308. The Morgan fingerprint density at radius 2 is 2.12 bits per heavy atom. The van der Waals surface area contributed by atoms with Crippen molar-refractivity contribution in [3.05, 3.63) is 42.4 Å². The van der Waals surface area contributed by atoms with Gasteiger partial charge in [-0.25, -0.2) is 4.98 Å². The smallest absolute Gasteiger partial charge is 0.0959 e. The Morgan fingerprint density at radius 3 is 2.94 bits per heavy atom. The van der Waals surface area contributed by atoms with E-state index in [1.807, 2.05) is 12.5 Å². The van der Waals surface area contributed by atoms with Crippen LogP contribution in [0.3, 0.4) is 0 Å². The topological polar surface area (TPSA) is 38.1 Å². The highest BCUT2D eigenvalue weighted by atomic mass is 16.3. The maximum atomic E-state index is 9.63. The summed E-state index contributed by atoms with van der Waals surface area (Å²) >= 11 is 0. The van der Waals surface area contributed by atoms with Gasteiger partial charge < -0.3 is 9.67 Å². The average molecular weight is 212 g/mol. The highest BCUT2D eigenvalue weighted by molar-refractivity contribution is 5.71. The molecule has 2 aliphatic rings. The third-order valence-electron chi connectivity index (χ3n) is 3.95. The average Bonchev–Trinajstić information content (AvgIpc) is 2.80. The molecule has 0 atom stereocenters. The summed E-state index contributed by atoms with van der Waals surface area (Å²) in [5.74, 6) is 0. The van der Waals surface area contributed by atoms with Gasteiger partial charge in [0.15, 0.2) is 0 Å². The SMILES string of the molecule is OC1CC2(C1)c1ccccc1-c1cncn12. The van der Waals surface area contributed by atoms with Crippen molar-refractivity contribution >= 4 is 0 Å². The third kappa shape index (κ3) is 0.780. The summed E-state index contributed by atoms with van der Waals surface area (Å²) in [4.78, 5) is 4.23. The molecular weight excluding hydrogens is 200 g/mol.